The van der Waals surface area contributed by atoms with Crippen molar-refractivity contribution in [1.29, 1.82) is 0 Å². The third kappa shape index (κ3) is 5.78. The van der Waals surface area contributed by atoms with Crippen molar-refractivity contribution in [3.63, 3.8) is 0 Å². The Labute approximate surface area is 188 Å². The van der Waals surface area contributed by atoms with Crippen LogP contribution in [0.15, 0.2) is 54.6 Å². The fourth-order valence-electron chi connectivity index (χ4n) is 4.32. The maximum atomic E-state index is 6.70. The van der Waals surface area contributed by atoms with Gasteiger partial charge in [0, 0.05) is 11.0 Å². The van der Waals surface area contributed by atoms with Gasteiger partial charge in [0.2, 0.25) is 0 Å². The summed E-state index contributed by atoms with van der Waals surface area (Å²) in [7, 11) is 0. The number of nitrogens with zero attached hydrogens (tertiary/aromatic N) is 2. The smallest absolute Gasteiger partial charge is 0.129 e. The maximum Gasteiger partial charge on any atom is 0.129 e. The van der Waals surface area contributed by atoms with E-state index in [-0.39, 0.29) is 5.41 Å². The van der Waals surface area contributed by atoms with Gasteiger partial charge in [0.05, 0.1) is 12.2 Å². The molecule has 0 aliphatic carbocycles. The molecule has 166 valence electrons. The minimum atomic E-state index is -0.0511. The molecule has 31 heavy (non-hydrogen) atoms. The minimum absolute atomic E-state index is 0.0511. The van der Waals surface area contributed by atoms with E-state index < -0.39 is 0 Å². The highest BCUT2D eigenvalue weighted by Gasteiger charge is 2.25. The average Bonchev–Trinajstić information content (AvgIpc) is 3.07. The predicted octanol–water partition coefficient (Wildman–Crippen LogP) is 7.19. The van der Waals surface area contributed by atoms with Gasteiger partial charge >= 0.3 is 0 Å². The molecule has 3 aromatic rings. The van der Waals surface area contributed by atoms with E-state index in [1.54, 1.807) is 0 Å². The van der Waals surface area contributed by atoms with E-state index in [1.165, 1.54) is 42.4 Å². The lowest BCUT2D eigenvalue weighted by Crippen LogP contribution is -2.26. The Kier molecular flexibility index (Phi) is 7.95. The van der Waals surface area contributed by atoms with Gasteiger partial charge in [-0.15, -0.1) is 0 Å². The number of hydrogen-bond donors (Lipinski definition) is 1. The molecule has 0 bridgehead atoms. The van der Waals surface area contributed by atoms with Gasteiger partial charge in [-0.25, -0.2) is 4.68 Å². The number of aryl methyl sites for hydroxylation is 2. The fourth-order valence-corrected chi connectivity index (χ4v) is 4.32. The third-order valence-electron chi connectivity index (χ3n) is 6.21. The first-order chi connectivity index (χ1) is 15.0. The highest BCUT2D eigenvalue weighted by Crippen LogP contribution is 2.34. The molecular weight excluding hydrogens is 378 g/mol. The van der Waals surface area contributed by atoms with Crippen LogP contribution in [0.1, 0.15) is 76.6 Å². The molecule has 1 aromatic heterocycles. The number of unbranched alkanes of at least 4 members (excludes halogenated alkanes) is 3. The SMILES string of the molecule is CCCCCCc1ccc(-c2c(CCC)nn(CC(C)(C)c3ccccc3)c2N)cc1. The molecule has 2 aromatic carbocycles. The highest BCUT2D eigenvalue weighted by atomic mass is 15.3. The second-order valence-electron chi connectivity index (χ2n) is 9.37. The molecule has 3 nitrogen and oxygen atoms in total. The molecule has 0 aliphatic heterocycles. The predicted molar refractivity (Wildman–Crippen MR) is 133 cm³/mol. The van der Waals surface area contributed by atoms with E-state index in [4.69, 9.17) is 10.8 Å². The Bertz CT molecular complexity index is 936. The van der Waals surface area contributed by atoms with Crippen LogP contribution in [0.25, 0.3) is 11.1 Å². The van der Waals surface area contributed by atoms with E-state index >= 15 is 0 Å². The first-order valence-corrected chi connectivity index (χ1v) is 12.0. The summed E-state index contributed by atoms with van der Waals surface area (Å²) in [5.74, 6) is 0.781. The molecule has 0 amide bonds. The summed E-state index contributed by atoms with van der Waals surface area (Å²) in [5, 5.41) is 4.97. The van der Waals surface area contributed by atoms with E-state index in [2.05, 4.69) is 82.3 Å². The first kappa shape index (κ1) is 23.1. The van der Waals surface area contributed by atoms with E-state index in [9.17, 15) is 0 Å². The van der Waals surface area contributed by atoms with Gasteiger partial charge in [-0.3, -0.25) is 0 Å². The minimum Gasteiger partial charge on any atom is -0.383 e. The normalized spacial score (nSPS) is 11.7. The quantitative estimate of drug-likeness (QED) is 0.336. The van der Waals surface area contributed by atoms with Crippen molar-refractivity contribution in [1.82, 2.24) is 9.78 Å². The summed E-state index contributed by atoms with van der Waals surface area (Å²) < 4.78 is 2.02. The van der Waals surface area contributed by atoms with Crippen LogP contribution >= 0.6 is 0 Å². The largest absolute Gasteiger partial charge is 0.383 e. The summed E-state index contributed by atoms with van der Waals surface area (Å²) in [4.78, 5) is 0. The zero-order chi connectivity index (χ0) is 22.3. The Hall–Kier alpha value is -2.55. The summed E-state index contributed by atoms with van der Waals surface area (Å²) in [6, 6.07) is 19.6. The van der Waals surface area contributed by atoms with Crippen molar-refractivity contribution in [3.8, 4) is 11.1 Å². The number of nitrogens with two attached hydrogens (primary N) is 1. The molecule has 2 N–H and O–H groups in total. The van der Waals surface area contributed by atoms with E-state index in [0.29, 0.717) is 0 Å². The molecule has 0 atom stereocenters. The zero-order valence-electron chi connectivity index (χ0n) is 19.8. The molecule has 0 aliphatic rings. The number of nitrogen functional groups attached to an aromatic ring is 1. The number of benzene rings is 2. The molecule has 0 radical (unpaired) electrons. The van der Waals surface area contributed by atoms with Gasteiger partial charge < -0.3 is 5.73 Å². The lowest BCUT2D eigenvalue weighted by molar-refractivity contribution is 0.410. The van der Waals surface area contributed by atoms with Crippen molar-refractivity contribution in [3.05, 3.63) is 71.4 Å². The van der Waals surface area contributed by atoms with Crippen molar-refractivity contribution >= 4 is 5.82 Å². The number of aromatic nitrogens is 2. The molecule has 0 saturated carbocycles. The molecule has 1 heterocycles. The second-order valence-corrected chi connectivity index (χ2v) is 9.37. The van der Waals surface area contributed by atoms with Crippen LogP contribution in [0, 0.1) is 0 Å². The van der Waals surface area contributed by atoms with Gasteiger partial charge in [0.1, 0.15) is 5.82 Å². The number of rotatable bonds is 11. The van der Waals surface area contributed by atoms with Crippen molar-refractivity contribution in [2.75, 3.05) is 5.73 Å². The Morgan fingerprint density at radius 1 is 0.839 bits per heavy atom. The van der Waals surface area contributed by atoms with Crippen LogP contribution in [0.5, 0.6) is 0 Å². The Balaban J connectivity index is 1.84. The fraction of sp³-hybridized carbons (Fsp3) is 0.464. The van der Waals surface area contributed by atoms with Crippen LogP contribution in [0.3, 0.4) is 0 Å². The van der Waals surface area contributed by atoms with Gasteiger partial charge in [0.15, 0.2) is 0 Å². The summed E-state index contributed by atoms with van der Waals surface area (Å²) in [6.07, 6.45) is 8.34. The molecule has 0 unspecified atom stereocenters. The van der Waals surface area contributed by atoms with Crippen molar-refractivity contribution in [2.45, 2.75) is 84.6 Å². The van der Waals surface area contributed by atoms with Crippen LogP contribution in [0.4, 0.5) is 5.82 Å². The van der Waals surface area contributed by atoms with Gasteiger partial charge in [-0.05, 0) is 36.0 Å². The average molecular weight is 418 g/mol. The summed E-state index contributed by atoms with van der Waals surface area (Å²) in [5.41, 5.74) is 12.8. The highest BCUT2D eigenvalue weighted by molar-refractivity contribution is 5.77. The van der Waals surface area contributed by atoms with Gasteiger partial charge in [-0.2, -0.15) is 5.10 Å². The van der Waals surface area contributed by atoms with E-state index in [1.807, 2.05) is 4.68 Å². The number of hydrogen-bond acceptors (Lipinski definition) is 2. The van der Waals surface area contributed by atoms with Crippen LogP contribution < -0.4 is 5.73 Å². The Morgan fingerprint density at radius 3 is 2.19 bits per heavy atom. The Morgan fingerprint density at radius 2 is 1.55 bits per heavy atom. The van der Waals surface area contributed by atoms with Crippen molar-refractivity contribution < 1.29 is 0 Å². The van der Waals surface area contributed by atoms with Crippen LogP contribution in [0.2, 0.25) is 0 Å². The number of anilines is 1. The summed E-state index contributed by atoms with van der Waals surface area (Å²) in [6.45, 7) is 9.74. The van der Waals surface area contributed by atoms with E-state index in [0.717, 1.165) is 42.9 Å². The molecule has 0 fully saturated rings. The standard InChI is InChI=1S/C28H39N3/c1-5-7-8-10-14-22-17-19-23(20-18-22)26-25(13-6-2)30-31(27(26)29)21-28(3,4)24-15-11-9-12-16-24/h9,11-12,15-20H,5-8,10,13-14,21,29H2,1-4H3. The lowest BCUT2D eigenvalue weighted by atomic mass is 9.84. The second kappa shape index (κ2) is 10.7. The maximum absolute atomic E-state index is 6.70. The third-order valence-corrected chi connectivity index (χ3v) is 6.21. The topological polar surface area (TPSA) is 43.8 Å². The van der Waals surface area contributed by atoms with Crippen molar-refractivity contribution in [2.24, 2.45) is 0 Å². The molecule has 3 rings (SSSR count). The molecule has 0 saturated heterocycles. The van der Waals surface area contributed by atoms with Crippen LogP contribution in [-0.2, 0) is 24.8 Å². The van der Waals surface area contributed by atoms with Gasteiger partial charge in [0.25, 0.3) is 0 Å². The molecular formula is C28H39N3. The molecule has 3 heteroatoms. The first-order valence-electron chi connectivity index (χ1n) is 12.0. The molecule has 0 spiro atoms. The summed E-state index contributed by atoms with van der Waals surface area (Å²) >= 11 is 0. The zero-order valence-corrected chi connectivity index (χ0v) is 19.8. The monoisotopic (exact) mass is 417 g/mol. The van der Waals surface area contributed by atoms with Gasteiger partial charge in [-0.1, -0.05) is 108 Å². The van der Waals surface area contributed by atoms with Crippen LogP contribution in [-0.4, -0.2) is 9.78 Å². The lowest BCUT2D eigenvalue weighted by Gasteiger charge is -2.25.